The van der Waals surface area contributed by atoms with Crippen molar-refractivity contribution in [3.8, 4) is 22.6 Å². The number of hydrogen-bond donors (Lipinski definition) is 4. The van der Waals surface area contributed by atoms with Crippen LogP contribution in [0.3, 0.4) is 0 Å². The molecule has 14 heteroatoms. The first-order valence-electron chi connectivity index (χ1n) is 15.0. The SMILES string of the molecule is CCOc1ccc2nc(SCC(=O)Nc3ccc(-c4ccc(NC(=O)CSc5nc6ccc(OCC)cc6[nH]5)c(Cl)c4)cc3Cl)[nH]c2c1. The van der Waals surface area contributed by atoms with Gasteiger partial charge in [0.1, 0.15) is 11.5 Å². The lowest BCUT2D eigenvalue weighted by Gasteiger charge is -2.11. The third-order valence-corrected chi connectivity index (χ3v) is 9.36. The third kappa shape index (κ3) is 8.19. The van der Waals surface area contributed by atoms with Gasteiger partial charge in [-0.05, 0) is 73.5 Å². The van der Waals surface area contributed by atoms with Crippen LogP contribution in [0, 0.1) is 0 Å². The Bertz CT molecular complexity index is 1970. The van der Waals surface area contributed by atoms with Crippen molar-refractivity contribution in [3.63, 3.8) is 0 Å². The van der Waals surface area contributed by atoms with Crippen molar-refractivity contribution in [2.24, 2.45) is 0 Å². The molecule has 2 amide bonds. The van der Waals surface area contributed by atoms with Gasteiger partial charge >= 0.3 is 0 Å². The summed E-state index contributed by atoms with van der Waals surface area (Å²) in [5, 5.41) is 7.74. The number of fused-ring (bicyclic) bond motifs is 2. The molecule has 0 fully saturated rings. The molecule has 246 valence electrons. The molecule has 10 nitrogen and oxygen atoms in total. The van der Waals surface area contributed by atoms with Crippen LogP contribution in [0.4, 0.5) is 11.4 Å². The summed E-state index contributed by atoms with van der Waals surface area (Å²) in [5.74, 6) is 1.36. The zero-order chi connectivity index (χ0) is 33.6. The van der Waals surface area contributed by atoms with Gasteiger partial charge in [-0.1, -0.05) is 58.9 Å². The Kier molecular flexibility index (Phi) is 10.7. The van der Waals surface area contributed by atoms with Gasteiger partial charge in [-0.25, -0.2) is 9.97 Å². The molecule has 0 aliphatic rings. The third-order valence-electron chi connectivity index (χ3n) is 6.98. The molecule has 4 aromatic carbocycles. The highest BCUT2D eigenvalue weighted by molar-refractivity contribution is 8.00. The molecule has 0 aliphatic heterocycles. The van der Waals surface area contributed by atoms with Crippen LogP contribution in [0.25, 0.3) is 33.2 Å². The summed E-state index contributed by atoms with van der Waals surface area (Å²) < 4.78 is 11.1. The number of nitrogens with zero attached hydrogens (tertiary/aromatic N) is 2. The number of aromatic amines is 2. The molecule has 0 unspecified atom stereocenters. The Labute approximate surface area is 294 Å². The number of carbonyl (C=O) groups is 2. The number of rotatable bonds is 13. The van der Waals surface area contributed by atoms with Gasteiger partial charge in [0.05, 0.1) is 68.2 Å². The van der Waals surface area contributed by atoms with E-state index in [4.69, 9.17) is 32.7 Å². The van der Waals surface area contributed by atoms with Crippen LogP contribution in [0.2, 0.25) is 10.0 Å². The van der Waals surface area contributed by atoms with E-state index in [1.165, 1.54) is 23.5 Å². The number of carbonyl (C=O) groups excluding carboxylic acids is 2. The maximum atomic E-state index is 12.7. The van der Waals surface area contributed by atoms with Gasteiger partial charge in [0.25, 0.3) is 0 Å². The standard InChI is InChI=1S/C34H30Cl2N6O4S2/c1-3-45-21-7-11-27-29(15-21)41-33(39-27)47-17-31(43)37-25-9-5-19(13-23(25)35)20-6-10-26(24(36)14-20)38-32(44)18-48-34-40-28-12-8-22(46-4-2)16-30(28)42-34/h5-16H,3-4,17-18H2,1-2H3,(H,37,43)(H,38,44)(H,39,41)(H,40,42). The molecule has 0 bridgehead atoms. The number of anilines is 2. The summed E-state index contributed by atoms with van der Waals surface area (Å²) in [6, 6.07) is 21.9. The first-order chi connectivity index (χ1) is 23.3. The number of amides is 2. The molecule has 4 N–H and O–H groups in total. The van der Waals surface area contributed by atoms with Crippen molar-refractivity contribution in [1.82, 2.24) is 19.9 Å². The molecule has 6 aromatic rings. The second-order valence-corrected chi connectivity index (χ2v) is 13.1. The van der Waals surface area contributed by atoms with Crippen molar-refractivity contribution in [2.75, 3.05) is 35.4 Å². The topological polar surface area (TPSA) is 134 Å². The second kappa shape index (κ2) is 15.2. The van der Waals surface area contributed by atoms with Crippen molar-refractivity contribution in [1.29, 1.82) is 0 Å². The molecule has 0 radical (unpaired) electrons. The molecular formula is C34H30Cl2N6O4S2. The minimum absolute atomic E-state index is 0.144. The first kappa shape index (κ1) is 33.5. The normalized spacial score (nSPS) is 11.2. The van der Waals surface area contributed by atoms with Crippen molar-refractivity contribution in [2.45, 2.75) is 24.2 Å². The lowest BCUT2D eigenvalue weighted by Crippen LogP contribution is -2.14. The number of benzene rings is 4. The molecule has 2 heterocycles. The van der Waals surface area contributed by atoms with Crippen molar-refractivity contribution in [3.05, 3.63) is 82.8 Å². The highest BCUT2D eigenvalue weighted by atomic mass is 35.5. The van der Waals surface area contributed by atoms with Crippen LogP contribution in [-0.2, 0) is 9.59 Å². The van der Waals surface area contributed by atoms with Crippen molar-refractivity contribution >= 4 is 92.0 Å². The van der Waals surface area contributed by atoms with E-state index in [0.29, 0.717) is 44.9 Å². The number of hydrogen-bond acceptors (Lipinski definition) is 8. The maximum absolute atomic E-state index is 12.7. The van der Waals surface area contributed by atoms with E-state index >= 15 is 0 Å². The molecule has 0 atom stereocenters. The highest BCUT2D eigenvalue weighted by Crippen LogP contribution is 2.33. The summed E-state index contributed by atoms with van der Waals surface area (Å²) in [6.45, 7) is 5.01. The Morgan fingerprint density at radius 2 is 1.10 bits per heavy atom. The molecule has 48 heavy (non-hydrogen) atoms. The van der Waals surface area contributed by atoms with Gasteiger partial charge in [0, 0.05) is 12.1 Å². The van der Waals surface area contributed by atoms with Gasteiger partial charge in [0.15, 0.2) is 10.3 Å². The molecule has 2 aromatic heterocycles. The fourth-order valence-corrected chi connectivity index (χ4v) is 6.64. The Morgan fingerprint density at radius 3 is 1.50 bits per heavy atom. The molecule has 0 saturated carbocycles. The first-order valence-corrected chi connectivity index (χ1v) is 17.7. The highest BCUT2D eigenvalue weighted by Gasteiger charge is 2.14. The van der Waals surface area contributed by atoms with E-state index in [1.54, 1.807) is 24.3 Å². The lowest BCUT2D eigenvalue weighted by atomic mass is 10.0. The monoisotopic (exact) mass is 720 g/mol. The van der Waals surface area contributed by atoms with E-state index in [0.717, 1.165) is 44.7 Å². The van der Waals surface area contributed by atoms with Crippen LogP contribution in [-0.4, -0.2) is 56.5 Å². The predicted octanol–water partition coefficient (Wildman–Crippen LogP) is 8.67. The fourth-order valence-electron chi connectivity index (χ4n) is 4.81. The van der Waals surface area contributed by atoms with Crippen LogP contribution < -0.4 is 20.1 Å². The van der Waals surface area contributed by atoms with Crippen LogP contribution in [0.1, 0.15) is 13.8 Å². The Hall–Kier alpha value is -4.36. The van der Waals surface area contributed by atoms with E-state index in [9.17, 15) is 9.59 Å². The number of nitrogens with one attached hydrogen (secondary N) is 4. The molecule has 0 aliphatic carbocycles. The van der Waals surface area contributed by atoms with Crippen LogP contribution >= 0.6 is 46.7 Å². The second-order valence-electron chi connectivity index (χ2n) is 10.4. The number of H-pyrrole nitrogens is 2. The van der Waals surface area contributed by atoms with E-state index in [-0.39, 0.29) is 23.3 Å². The average molecular weight is 722 g/mol. The van der Waals surface area contributed by atoms with Crippen molar-refractivity contribution < 1.29 is 19.1 Å². The number of halogens is 2. The van der Waals surface area contributed by atoms with Gasteiger partial charge in [0.2, 0.25) is 11.8 Å². The lowest BCUT2D eigenvalue weighted by molar-refractivity contribution is -0.114. The zero-order valence-electron chi connectivity index (χ0n) is 25.9. The molecule has 0 saturated heterocycles. The number of imidazole rings is 2. The summed E-state index contributed by atoms with van der Waals surface area (Å²) in [6.07, 6.45) is 0. The van der Waals surface area contributed by atoms with E-state index < -0.39 is 0 Å². The summed E-state index contributed by atoms with van der Waals surface area (Å²) in [5.41, 5.74) is 5.85. The van der Waals surface area contributed by atoms with E-state index in [2.05, 4.69) is 30.6 Å². The van der Waals surface area contributed by atoms with E-state index in [1.807, 2.05) is 62.4 Å². The minimum Gasteiger partial charge on any atom is -0.494 e. The minimum atomic E-state index is -0.220. The summed E-state index contributed by atoms with van der Waals surface area (Å²) in [7, 11) is 0. The van der Waals surface area contributed by atoms with Gasteiger partial charge in [-0.15, -0.1) is 0 Å². The predicted molar refractivity (Wildman–Crippen MR) is 195 cm³/mol. The quantitative estimate of drug-likeness (QED) is 0.0871. The number of ether oxygens (including phenoxy) is 2. The smallest absolute Gasteiger partial charge is 0.234 e. The fraction of sp³-hybridized carbons (Fsp3) is 0.176. The molecule has 0 spiro atoms. The molecular weight excluding hydrogens is 691 g/mol. The molecule has 6 rings (SSSR count). The number of thioether (sulfide) groups is 2. The maximum Gasteiger partial charge on any atom is 0.234 e. The summed E-state index contributed by atoms with van der Waals surface area (Å²) in [4.78, 5) is 40.9. The zero-order valence-corrected chi connectivity index (χ0v) is 29.0. The Morgan fingerprint density at radius 1 is 0.667 bits per heavy atom. The summed E-state index contributed by atoms with van der Waals surface area (Å²) >= 11 is 15.7. The van der Waals surface area contributed by atoms with Gasteiger partial charge in [-0.2, -0.15) is 0 Å². The van der Waals surface area contributed by atoms with Crippen LogP contribution in [0.5, 0.6) is 11.5 Å². The van der Waals surface area contributed by atoms with Crippen LogP contribution in [0.15, 0.2) is 83.1 Å². The largest absolute Gasteiger partial charge is 0.494 e. The van der Waals surface area contributed by atoms with Gasteiger partial charge in [-0.3, -0.25) is 9.59 Å². The average Bonchev–Trinajstić information content (AvgIpc) is 3.68. The Balaban J connectivity index is 1.02. The number of aromatic nitrogens is 4. The van der Waals surface area contributed by atoms with Gasteiger partial charge < -0.3 is 30.1 Å².